The standard InChI is InChI=1S/C38H28F6N2O4/c39-37(40,41)25-15-23-27-21(33(47)45(35(23)49)17-7-3-1-4-8-17)13-11-19-30-26(38(42,43)44)16-24-28-22(14-12-20(32(28)30)29(25)31(19)27)34(48)46(36(24)50)18-9-5-2-6-10-18/h11-18H,1-10H2. The van der Waals surface area contributed by atoms with Crippen LogP contribution in [0.2, 0.25) is 0 Å². The van der Waals surface area contributed by atoms with Gasteiger partial charge in [-0.3, -0.25) is 29.0 Å². The van der Waals surface area contributed by atoms with Gasteiger partial charge in [0.25, 0.3) is 23.6 Å². The first-order chi connectivity index (χ1) is 23.8. The SMILES string of the molecule is O=C1c2ccc3c4c(C(F)(F)F)cc5c6c(ccc(c7c(C(F)(F)F)cc(c2c37)C(=O)N1C1CCCCC1)c64)C(=O)N(C1CCCCC1)C5=O. The summed E-state index contributed by atoms with van der Waals surface area (Å²) in [6, 6.07) is 5.39. The fraction of sp³-hybridized carbons (Fsp3) is 0.368. The van der Waals surface area contributed by atoms with Crippen LogP contribution in [-0.2, 0) is 12.4 Å². The van der Waals surface area contributed by atoms with E-state index in [-0.39, 0.29) is 43.4 Å². The first-order valence-electron chi connectivity index (χ1n) is 17.0. The maximum absolute atomic E-state index is 15.2. The van der Waals surface area contributed by atoms with Crippen LogP contribution in [0.25, 0.3) is 43.1 Å². The molecular formula is C38H28F6N2O4. The second kappa shape index (κ2) is 10.4. The molecule has 2 saturated carbocycles. The highest BCUT2D eigenvalue weighted by Gasteiger charge is 2.46. The van der Waals surface area contributed by atoms with Crippen LogP contribution in [0, 0.1) is 0 Å². The van der Waals surface area contributed by atoms with Gasteiger partial charge in [-0.05, 0) is 71.5 Å². The highest BCUT2D eigenvalue weighted by molar-refractivity contribution is 6.42. The molecule has 2 aliphatic heterocycles. The Morgan fingerprint density at radius 3 is 1.12 bits per heavy atom. The number of halogens is 6. The normalized spacial score (nSPS) is 19.7. The van der Waals surface area contributed by atoms with Crippen LogP contribution in [0.15, 0.2) is 36.4 Å². The van der Waals surface area contributed by atoms with E-state index in [2.05, 4.69) is 0 Å². The number of carbonyl (C=O) groups is 4. The van der Waals surface area contributed by atoms with E-state index in [4.69, 9.17) is 0 Å². The van der Waals surface area contributed by atoms with Crippen LogP contribution in [0.5, 0.6) is 0 Å². The molecule has 4 aliphatic rings. The molecule has 5 aromatic carbocycles. The van der Waals surface area contributed by atoms with Crippen molar-refractivity contribution in [1.29, 1.82) is 0 Å². The lowest BCUT2D eigenvalue weighted by atomic mass is 9.78. The second-order valence-corrected chi connectivity index (χ2v) is 14.1. The first-order valence-corrected chi connectivity index (χ1v) is 17.0. The molecule has 12 heteroatoms. The fourth-order valence-electron chi connectivity index (χ4n) is 9.29. The number of alkyl halides is 6. The molecule has 5 aromatic rings. The highest BCUT2D eigenvalue weighted by Crippen LogP contribution is 2.53. The lowest BCUT2D eigenvalue weighted by molar-refractivity contribution is -0.137. The lowest BCUT2D eigenvalue weighted by Gasteiger charge is -2.37. The van der Waals surface area contributed by atoms with Crippen molar-refractivity contribution in [3.05, 3.63) is 69.8 Å². The monoisotopic (exact) mass is 690 g/mol. The predicted molar refractivity (Wildman–Crippen MR) is 172 cm³/mol. The third-order valence-corrected chi connectivity index (χ3v) is 11.4. The van der Waals surface area contributed by atoms with Crippen molar-refractivity contribution >= 4 is 66.7 Å². The van der Waals surface area contributed by atoms with E-state index in [1.54, 1.807) is 0 Å². The van der Waals surface area contributed by atoms with Crippen LogP contribution >= 0.6 is 0 Å². The van der Waals surface area contributed by atoms with Gasteiger partial charge in [0.1, 0.15) is 0 Å². The van der Waals surface area contributed by atoms with Crippen molar-refractivity contribution in [2.75, 3.05) is 0 Å². The summed E-state index contributed by atoms with van der Waals surface area (Å²) in [5.41, 5.74) is -3.41. The van der Waals surface area contributed by atoms with Crippen LogP contribution in [0.3, 0.4) is 0 Å². The molecule has 6 nitrogen and oxygen atoms in total. The highest BCUT2D eigenvalue weighted by atomic mass is 19.4. The molecule has 256 valence electrons. The molecule has 0 aromatic heterocycles. The van der Waals surface area contributed by atoms with Crippen LogP contribution < -0.4 is 0 Å². The van der Waals surface area contributed by atoms with Gasteiger partial charge < -0.3 is 0 Å². The molecule has 0 N–H and O–H groups in total. The molecule has 0 saturated heterocycles. The number of amides is 4. The minimum atomic E-state index is -5.07. The summed E-state index contributed by atoms with van der Waals surface area (Å²) in [7, 11) is 0. The zero-order chi connectivity index (χ0) is 35.0. The van der Waals surface area contributed by atoms with Crippen LogP contribution in [-0.4, -0.2) is 45.5 Å². The second-order valence-electron chi connectivity index (χ2n) is 14.1. The van der Waals surface area contributed by atoms with Crippen LogP contribution in [0.1, 0.15) is 117 Å². The van der Waals surface area contributed by atoms with E-state index < -0.39 is 81.1 Å². The quantitative estimate of drug-likeness (QED) is 0.0801. The third kappa shape index (κ3) is 4.10. The van der Waals surface area contributed by atoms with E-state index in [9.17, 15) is 19.2 Å². The van der Waals surface area contributed by atoms with Gasteiger partial charge in [-0.15, -0.1) is 0 Å². The number of benzene rings is 5. The molecule has 0 radical (unpaired) electrons. The maximum Gasteiger partial charge on any atom is 0.417 e. The van der Waals surface area contributed by atoms with Gasteiger partial charge in [0.05, 0.1) is 11.1 Å². The summed E-state index contributed by atoms with van der Waals surface area (Å²) in [5, 5.41) is -2.30. The Kier molecular flexibility index (Phi) is 6.50. The van der Waals surface area contributed by atoms with E-state index >= 15 is 26.3 Å². The summed E-state index contributed by atoms with van der Waals surface area (Å²) in [5.74, 6) is -3.21. The van der Waals surface area contributed by atoms with Gasteiger partial charge in [-0.2, -0.15) is 26.3 Å². The molecule has 2 aliphatic carbocycles. The van der Waals surface area contributed by atoms with Gasteiger partial charge in [-0.1, -0.05) is 50.7 Å². The van der Waals surface area contributed by atoms with Gasteiger partial charge in [0, 0.05) is 55.9 Å². The van der Waals surface area contributed by atoms with Gasteiger partial charge in [0.15, 0.2) is 0 Å². The van der Waals surface area contributed by atoms with Crippen molar-refractivity contribution in [1.82, 2.24) is 9.80 Å². The van der Waals surface area contributed by atoms with E-state index in [0.717, 1.165) is 48.3 Å². The molecule has 0 unspecified atom stereocenters. The van der Waals surface area contributed by atoms with Crippen molar-refractivity contribution in [2.45, 2.75) is 88.6 Å². The number of hydrogen-bond acceptors (Lipinski definition) is 4. The predicted octanol–water partition coefficient (Wildman–Crippen LogP) is 9.63. The average Bonchev–Trinajstić information content (AvgIpc) is 3.08. The minimum absolute atomic E-state index is 0.0602. The molecule has 9 rings (SSSR count). The number of fused-ring (bicyclic) bond motifs is 2. The Morgan fingerprint density at radius 2 is 0.780 bits per heavy atom. The van der Waals surface area contributed by atoms with Gasteiger partial charge >= 0.3 is 12.4 Å². The summed E-state index contributed by atoms with van der Waals surface area (Å²) >= 11 is 0. The summed E-state index contributed by atoms with van der Waals surface area (Å²) in [6.07, 6.45) is -3.37. The summed E-state index contributed by atoms with van der Waals surface area (Å²) in [4.78, 5) is 58.1. The van der Waals surface area contributed by atoms with E-state index in [0.29, 0.717) is 37.8 Å². The molecule has 4 amide bonds. The molecule has 2 fully saturated rings. The lowest BCUT2D eigenvalue weighted by Crippen LogP contribution is -2.48. The van der Waals surface area contributed by atoms with Gasteiger partial charge in [0.2, 0.25) is 0 Å². The Bertz CT molecular complexity index is 2200. The summed E-state index contributed by atoms with van der Waals surface area (Å²) in [6.45, 7) is 0. The number of imide groups is 2. The smallest absolute Gasteiger partial charge is 0.271 e. The van der Waals surface area contributed by atoms with Crippen molar-refractivity contribution in [3.8, 4) is 0 Å². The van der Waals surface area contributed by atoms with Crippen molar-refractivity contribution < 1.29 is 45.5 Å². The largest absolute Gasteiger partial charge is 0.417 e. The Morgan fingerprint density at radius 1 is 0.440 bits per heavy atom. The number of hydrogen-bond donors (Lipinski definition) is 0. The topological polar surface area (TPSA) is 74.8 Å². The molecule has 2 heterocycles. The number of nitrogens with zero attached hydrogens (tertiary/aromatic N) is 2. The molecule has 0 bridgehead atoms. The maximum atomic E-state index is 15.2. The molecule has 0 atom stereocenters. The van der Waals surface area contributed by atoms with Crippen LogP contribution in [0.4, 0.5) is 26.3 Å². The molecular weight excluding hydrogens is 662 g/mol. The number of carbonyl (C=O) groups excluding carboxylic acids is 4. The Balaban J connectivity index is 1.43. The number of rotatable bonds is 2. The third-order valence-electron chi connectivity index (χ3n) is 11.4. The zero-order valence-electron chi connectivity index (χ0n) is 26.5. The Labute approximate surface area is 280 Å². The van der Waals surface area contributed by atoms with E-state index in [1.165, 1.54) is 24.3 Å². The summed E-state index contributed by atoms with van der Waals surface area (Å²) < 4.78 is 91.0. The molecule has 0 spiro atoms. The van der Waals surface area contributed by atoms with Crippen molar-refractivity contribution in [2.24, 2.45) is 0 Å². The van der Waals surface area contributed by atoms with Crippen molar-refractivity contribution in [3.63, 3.8) is 0 Å². The Hall–Kier alpha value is -4.74. The van der Waals surface area contributed by atoms with E-state index in [1.807, 2.05) is 0 Å². The van der Waals surface area contributed by atoms with Gasteiger partial charge in [-0.25, -0.2) is 0 Å². The average molecular weight is 691 g/mol. The fourth-order valence-corrected chi connectivity index (χ4v) is 9.29. The zero-order valence-corrected chi connectivity index (χ0v) is 26.5. The minimum Gasteiger partial charge on any atom is -0.271 e. The molecule has 50 heavy (non-hydrogen) atoms. The first kappa shape index (κ1) is 31.3.